The van der Waals surface area contributed by atoms with Gasteiger partial charge < -0.3 is 14.4 Å². The normalized spacial score (nSPS) is 20.0. The molecule has 0 spiro atoms. The van der Waals surface area contributed by atoms with Crippen molar-refractivity contribution in [2.24, 2.45) is 0 Å². The van der Waals surface area contributed by atoms with Crippen LogP contribution >= 0.6 is 0 Å². The minimum atomic E-state index is -0.486. The third kappa shape index (κ3) is 9.61. The van der Waals surface area contributed by atoms with E-state index in [2.05, 4.69) is 6.92 Å². The Morgan fingerprint density at radius 3 is 2.25 bits per heavy atom. The first-order valence-corrected chi connectivity index (χ1v) is 11.1. The van der Waals surface area contributed by atoms with E-state index in [0.717, 1.165) is 32.1 Å². The molecule has 0 aromatic carbocycles. The van der Waals surface area contributed by atoms with Gasteiger partial charge in [-0.15, -0.1) is 0 Å². The number of esters is 1. The van der Waals surface area contributed by atoms with Crippen molar-refractivity contribution in [3.8, 4) is 0 Å². The second-order valence-electron chi connectivity index (χ2n) is 8.71. The van der Waals surface area contributed by atoms with Crippen molar-refractivity contribution in [2.75, 3.05) is 6.61 Å². The lowest BCUT2D eigenvalue weighted by molar-refractivity contribution is -0.137. The number of rotatable bonds is 11. The number of amides is 1. The summed E-state index contributed by atoms with van der Waals surface area (Å²) in [5, 5.41) is 0. The van der Waals surface area contributed by atoms with Crippen molar-refractivity contribution in [3.63, 3.8) is 0 Å². The summed E-state index contributed by atoms with van der Waals surface area (Å²) in [4.78, 5) is 26.3. The number of likely N-dealkylation sites (tertiary alicyclic amines) is 1. The first-order valence-electron chi connectivity index (χ1n) is 11.1. The van der Waals surface area contributed by atoms with Gasteiger partial charge in [0.05, 0.1) is 6.61 Å². The number of unbranched alkanes of at least 4 members (excludes halogenated alkanes) is 4. The van der Waals surface area contributed by atoms with Crippen molar-refractivity contribution >= 4 is 12.1 Å². The van der Waals surface area contributed by atoms with Gasteiger partial charge in [-0.1, -0.05) is 45.1 Å². The highest BCUT2D eigenvalue weighted by Crippen LogP contribution is 2.32. The zero-order chi connectivity index (χ0) is 21.0. The molecule has 1 saturated heterocycles. The average molecular weight is 396 g/mol. The van der Waals surface area contributed by atoms with Crippen LogP contribution in [0.4, 0.5) is 4.79 Å². The molecular formula is C23H41NO4. The molecule has 2 atom stereocenters. The molecule has 1 amide bonds. The monoisotopic (exact) mass is 395 g/mol. The van der Waals surface area contributed by atoms with Crippen LogP contribution in [0.15, 0.2) is 12.2 Å². The van der Waals surface area contributed by atoms with Gasteiger partial charge in [0.1, 0.15) is 5.60 Å². The number of carbonyl (C=O) groups is 2. The summed E-state index contributed by atoms with van der Waals surface area (Å²) >= 11 is 0. The van der Waals surface area contributed by atoms with Crippen LogP contribution in [-0.4, -0.2) is 41.3 Å². The summed E-state index contributed by atoms with van der Waals surface area (Å²) in [5.74, 6) is -0.303. The van der Waals surface area contributed by atoms with Gasteiger partial charge in [0.25, 0.3) is 0 Å². The molecule has 1 fully saturated rings. The van der Waals surface area contributed by atoms with E-state index >= 15 is 0 Å². The standard InChI is InChI=1S/C23H41NO4/c1-6-8-9-10-11-14-19-17-18-20(15-12-13-16-21(25)27-7-2)24(19)22(26)28-23(3,4)5/h13,16,19-20H,6-12,14-15,17-18H2,1-5H3/b16-13+/t19-,20+/m1/s1. The Balaban J connectivity index is 2.62. The van der Waals surface area contributed by atoms with Crippen LogP contribution in [-0.2, 0) is 14.3 Å². The van der Waals surface area contributed by atoms with Gasteiger partial charge in [-0.2, -0.15) is 0 Å². The molecule has 5 heteroatoms. The smallest absolute Gasteiger partial charge is 0.410 e. The van der Waals surface area contributed by atoms with Gasteiger partial charge in [0, 0.05) is 18.2 Å². The fourth-order valence-corrected chi connectivity index (χ4v) is 3.78. The second-order valence-corrected chi connectivity index (χ2v) is 8.71. The largest absolute Gasteiger partial charge is 0.463 e. The Hall–Kier alpha value is -1.52. The van der Waals surface area contributed by atoms with Crippen LogP contribution in [0.2, 0.25) is 0 Å². The van der Waals surface area contributed by atoms with Crippen molar-refractivity contribution < 1.29 is 19.1 Å². The highest BCUT2D eigenvalue weighted by molar-refractivity contribution is 5.81. The Bertz CT molecular complexity index is 495. The number of allylic oxidation sites excluding steroid dienone is 1. The van der Waals surface area contributed by atoms with Crippen LogP contribution in [0, 0.1) is 0 Å². The first-order chi connectivity index (χ1) is 13.3. The van der Waals surface area contributed by atoms with E-state index in [1.165, 1.54) is 38.2 Å². The molecule has 0 aliphatic carbocycles. The third-order valence-corrected chi connectivity index (χ3v) is 5.07. The average Bonchev–Trinajstić information content (AvgIpc) is 3.00. The van der Waals surface area contributed by atoms with Crippen LogP contribution < -0.4 is 0 Å². The zero-order valence-corrected chi connectivity index (χ0v) is 18.7. The molecule has 5 nitrogen and oxygen atoms in total. The quantitative estimate of drug-likeness (QED) is 0.244. The topological polar surface area (TPSA) is 55.8 Å². The summed E-state index contributed by atoms with van der Waals surface area (Å²) in [6.45, 7) is 10.2. The molecule has 28 heavy (non-hydrogen) atoms. The van der Waals surface area contributed by atoms with E-state index in [9.17, 15) is 9.59 Å². The number of carbonyl (C=O) groups excluding carboxylic acids is 2. The minimum absolute atomic E-state index is 0.183. The van der Waals surface area contributed by atoms with E-state index in [0.29, 0.717) is 6.61 Å². The Morgan fingerprint density at radius 2 is 1.64 bits per heavy atom. The summed E-state index contributed by atoms with van der Waals surface area (Å²) in [5.41, 5.74) is -0.486. The van der Waals surface area contributed by atoms with Crippen LogP contribution in [0.5, 0.6) is 0 Å². The van der Waals surface area contributed by atoms with E-state index in [1.807, 2.05) is 31.7 Å². The molecule has 162 valence electrons. The maximum absolute atomic E-state index is 12.9. The molecule has 0 aromatic rings. The van der Waals surface area contributed by atoms with Gasteiger partial charge in [-0.25, -0.2) is 9.59 Å². The second kappa shape index (κ2) is 12.8. The lowest BCUT2D eigenvalue weighted by atomic mass is 10.0. The Morgan fingerprint density at radius 1 is 1.00 bits per heavy atom. The fraction of sp³-hybridized carbons (Fsp3) is 0.826. The molecular weight excluding hydrogens is 354 g/mol. The van der Waals surface area contributed by atoms with Gasteiger partial charge >= 0.3 is 12.1 Å². The predicted octanol–water partition coefficient (Wildman–Crippen LogP) is 6.01. The molecule has 0 bridgehead atoms. The third-order valence-electron chi connectivity index (χ3n) is 5.07. The number of ether oxygens (including phenoxy) is 2. The van der Waals surface area contributed by atoms with Gasteiger partial charge in [-0.05, 0) is 59.8 Å². The lowest BCUT2D eigenvalue weighted by Gasteiger charge is -2.32. The maximum atomic E-state index is 12.9. The SMILES string of the molecule is CCCCCCC[C@@H]1CC[C@H](CC/C=C/C(=O)OCC)N1C(=O)OC(C)(C)C. The zero-order valence-electron chi connectivity index (χ0n) is 18.7. The lowest BCUT2D eigenvalue weighted by Crippen LogP contribution is -2.44. The number of hydrogen-bond acceptors (Lipinski definition) is 4. The van der Waals surface area contributed by atoms with Crippen LogP contribution in [0.3, 0.4) is 0 Å². The summed E-state index contributed by atoms with van der Waals surface area (Å²) < 4.78 is 10.6. The van der Waals surface area contributed by atoms with E-state index < -0.39 is 5.60 Å². The molecule has 1 rings (SSSR count). The van der Waals surface area contributed by atoms with Crippen molar-refractivity contribution in [3.05, 3.63) is 12.2 Å². The van der Waals surface area contributed by atoms with E-state index in [4.69, 9.17) is 9.47 Å². The highest BCUT2D eigenvalue weighted by atomic mass is 16.6. The van der Waals surface area contributed by atoms with Crippen molar-refractivity contribution in [1.82, 2.24) is 4.90 Å². The van der Waals surface area contributed by atoms with E-state index in [1.54, 1.807) is 6.92 Å². The molecule has 0 aromatic heterocycles. The first kappa shape index (κ1) is 24.5. The molecule has 1 heterocycles. The minimum Gasteiger partial charge on any atom is -0.463 e. The Labute approximate surface area is 171 Å². The van der Waals surface area contributed by atoms with Crippen LogP contribution in [0.1, 0.15) is 98.8 Å². The summed E-state index contributed by atoms with van der Waals surface area (Å²) in [6, 6.07) is 0.456. The molecule has 0 radical (unpaired) electrons. The molecule has 0 unspecified atom stereocenters. The maximum Gasteiger partial charge on any atom is 0.410 e. The summed E-state index contributed by atoms with van der Waals surface area (Å²) in [7, 11) is 0. The fourth-order valence-electron chi connectivity index (χ4n) is 3.78. The number of nitrogens with zero attached hydrogens (tertiary/aromatic N) is 1. The molecule has 0 N–H and O–H groups in total. The number of hydrogen-bond donors (Lipinski definition) is 0. The van der Waals surface area contributed by atoms with Crippen molar-refractivity contribution in [2.45, 2.75) is 117 Å². The van der Waals surface area contributed by atoms with Gasteiger partial charge in [-0.3, -0.25) is 0 Å². The van der Waals surface area contributed by atoms with Crippen LogP contribution in [0.25, 0.3) is 0 Å². The van der Waals surface area contributed by atoms with Crippen molar-refractivity contribution in [1.29, 1.82) is 0 Å². The predicted molar refractivity (Wildman–Crippen MR) is 113 cm³/mol. The summed E-state index contributed by atoms with van der Waals surface area (Å²) in [6.07, 6.45) is 14.1. The van der Waals surface area contributed by atoms with Gasteiger partial charge in [0.2, 0.25) is 0 Å². The molecule has 1 aliphatic heterocycles. The Kier molecular flexibility index (Phi) is 11.2. The van der Waals surface area contributed by atoms with E-state index in [-0.39, 0.29) is 24.1 Å². The molecule has 0 saturated carbocycles. The highest BCUT2D eigenvalue weighted by Gasteiger charge is 2.38. The molecule has 1 aliphatic rings. The van der Waals surface area contributed by atoms with Gasteiger partial charge in [0.15, 0.2) is 0 Å².